The molecule has 0 bridgehead atoms. The zero-order chi connectivity index (χ0) is 13.4. The van der Waals surface area contributed by atoms with Gasteiger partial charge < -0.3 is 4.74 Å². The summed E-state index contributed by atoms with van der Waals surface area (Å²) in [4.78, 5) is 12.2. The van der Waals surface area contributed by atoms with E-state index >= 15 is 0 Å². The average molecular weight is 272 g/mol. The van der Waals surface area contributed by atoms with Crippen molar-refractivity contribution in [1.82, 2.24) is 0 Å². The van der Waals surface area contributed by atoms with Crippen molar-refractivity contribution in [2.75, 3.05) is 12.4 Å². The molecule has 1 aliphatic heterocycles. The summed E-state index contributed by atoms with van der Waals surface area (Å²) in [6.07, 6.45) is 7.53. The first kappa shape index (κ1) is 16.0. The molecule has 106 valence electrons. The van der Waals surface area contributed by atoms with Crippen LogP contribution in [-0.2, 0) is 9.53 Å². The minimum Gasteiger partial charge on any atom is -0.378 e. The standard InChI is InChI=1S/C15H28O2S/c1-4-5-6-7-8-9-18-15(16)14-10-13(3)17-11-12(14)2/h12-14H,4-11H2,1-3H3. The Morgan fingerprint density at radius 3 is 2.67 bits per heavy atom. The van der Waals surface area contributed by atoms with Gasteiger partial charge in [0.05, 0.1) is 12.7 Å². The Morgan fingerprint density at radius 2 is 1.94 bits per heavy atom. The van der Waals surface area contributed by atoms with E-state index in [1.54, 1.807) is 11.8 Å². The van der Waals surface area contributed by atoms with E-state index in [1.165, 1.54) is 32.1 Å². The lowest BCUT2D eigenvalue weighted by Gasteiger charge is -2.31. The Morgan fingerprint density at radius 1 is 1.22 bits per heavy atom. The van der Waals surface area contributed by atoms with Crippen LogP contribution < -0.4 is 0 Å². The van der Waals surface area contributed by atoms with Gasteiger partial charge in [-0.2, -0.15) is 0 Å². The van der Waals surface area contributed by atoms with Gasteiger partial charge in [0.15, 0.2) is 5.12 Å². The lowest BCUT2D eigenvalue weighted by atomic mass is 9.88. The highest BCUT2D eigenvalue weighted by molar-refractivity contribution is 8.13. The van der Waals surface area contributed by atoms with E-state index in [4.69, 9.17) is 4.74 Å². The van der Waals surface area contributed by atoms with Gasteiger partial charge in [0, 0.05) is 11.7 Å². The van der Waals surface area contributed by atoms with Crippen molar-refractivity contribution in [3.8, 4) is 0 Å². The van der Waals surface area contributed by atoms with Crippen molar-refractivity contribution in [1.29, 1.82) is 0 Å². The Bertz CT molecular complexity index is 243. The van der Waals surface area contributed by atoms with Crippen LogP contribution in [0.5, 0.6) is 0 Å². The predicted molar refractivity (Wildman–Crippen MR) is 78.9 cm³/mol. The van der Waals surface area contributed by atoms with Gasteiger partial charge in [-0.25, -0.2) is 0 Å². The number of rotatable bonds is 7. The van der Waals surface area contributed by atoms with E-state index < -0.39 is 0 Å². The fraction of sp³-hybridized carbons (Fsp3) is 0.933. The predicted octanol–water partition coefficient (Wildman–Crippen LogP) is 4.28. The second-order valence-electron chi connectivity index (χ2n) is 5.55. The molecule has 2 nitrogen and oxygen atoms in total. The molecule has 18 heavy (non-hydrogen) atoms. The highest BCUT2D eigenvalue weighted by atomic mass is 32.2. The summed E-state index contributed by atoms with van der Waals surface area (Å²) in [6, 6.07) is 0. The maximum Gasteiger partial charge on any atom is 0.192 e. The third-order valence-electron chi connectivity index (χ3n) is 3.71. The van der Waals surface area contributed by atoms with Crippen LogP contribution in [0.4, 0.5) is 0 Å². The lowest BCUT2D eigenvalue weighted by molar-refractivity contribution is -0.122. The van der Waals surface area contributed by atoms with Gasteiger partial charge in [-0.3, -0.25) is 4.79 Å². The zero-order valence-electron chi connectivity index (χ0n) is 12.1. The van der Waals surface area contributed by atoms with Crippen LogP contribution in [0.25, 0.3) is 0 Å². The Kier molecular flexibility index (Phi) is 8.00. The molecule has 0 aromatic rings. The fourth-order valence-electron chi connectivity index (χ4n) is 2.40. The van der Waals surface area contributed by atoms with Crippen molar-refractivity contribution in [3.63, 3.8) is 0 Å². The molecule has 1 aliphatic rings. The first-order chi connectivity index (χ1) is 8.65. The summed E-state index contributed by atoms with van der Waals surface area (Å²) >= 11 is 1.55. The van der Waals surface area contributed by atoms with E-state index in [1.807, 2.05) is 0 Å². The summed E-state index contributed by atoms with van der Waals surface area (Å²) in [5, 5.41) is 0.396. The van der Waals surface area contributed by atoms with Crippen LogP contribution in [-0.4, -0.2) is 23.6 Å². The summed E-state index contributed by atoms with van der Waals surface area (Å²) in [5.41, 5.74) is 0. The summed E-state index contributed by atoms with van der Waals surface area (Å²) < 4.78 is 5.58. The molecule has 0 radical (unpaired) electrons. The molecule has 0 amide bonds. The van der Waals surface area contributed by atoms with Gasteiger partial charge in [-0.05, 0) is 25.7 Å². The quantitative estimate of drug-likeness (QED) is 0.647. The van der Waals surface area contributed by atoms with Crippen molar-refractivity contribution >= 4 is 16.9 Å². The largest absolute Gasteiger partial charge is 0.378 e. The second kappa shape index (κ2) is 8.98. The number of hydrogen-bond acceptors (Lipinski definition) is 3. The lowest BCUT2D eigenvalue weighted by Crippen LogP contribution is -2.34. The van der Waals surface area contributed by atoms with Gasteiger partial charge in [0.1, 0.15) is 0 Å². The van der Waals surface area contributed by atoms with Crippen molar-refractivity contribution in [2.24, 2.45) is 11.8 Å². The van der Waals surface area contributed by atoms with Crippen molar-refractivity contribution in [3.05, 3.63) is 0 Å². The smallest absolute Gasteiger partial charge is 0.192 e. The van der Waals surface area contributed by atoms with Crippen molar-refractivity contribution in [2.45, 2.75) is 65.4 Å². The van der Waals surface area contributed by atoms with Crippen LogP contribution in [0.15, 0.2) is 0 Å². The van der Waals surface area contributed by atoms with Gasteiger partial charge in [-0.15, -0.1) is 0 Å². The highest BCUT2D eigenvalue weighted by Crippen LogP contribution is 2.30. The van der Waals surface area contributed by atoms with Crippen molar-refractivity contribution < 1.29 is 9.53 Å². The monoisotopic (exact) mass is 272 g/mol. The summed E-state index contributed by atoms with van der Waals surface area (Å²) in [6.45, 7) is 7.18. The average Bonchev–Trinajstić information content (AvgIpc) is 2.36. The van der Waals surface area contributed by atoms with Crippen LogP contribution >= 0.6 is 11.8 Å². The molecule has 0 aliphatic carbocycles. The zero-order valence-corrected chi connectivity index (χ0v) is 12.9. The number of unbranched alkanes of at least 4 members (excludes halogenated alkanes) is 4. The molecule has 0 aromatic heterocycles. The molecule has 0 N–H and O–H groups in total. The SMILES string of the molecule is CCCCCCCSC(=O)C1CC(C)OCC1C. The van der Waals surface area contributed by atoms with E-state index in [2.05, 4.69) is 20.8 Å². The van der Waals surface area contributed by atoms with Gasteiger partial charge >= 0.3 is 0 Å². The molecule has 0 saturated carbocycles. The number of thioether (sulfide) groups is 1. The van der Waals surface area contributed by atoms with E-state index in [0.29, 0.717) is 11.0 Å². The van der Waals surface area contributed by atoms with Crippen LogP contribution in [0, 0.1) is 11.8 Å². The van der Waals surface area contributed by atoms with Crippen LogP contribution in [0.3, 0.4) is 0 Å². The third-order valence-corrected chi connectivity index (χ3v) is 4.79. The molecule has 1 saturated heterocycles. The molecule has 3 unspecified atom stereocenters. The molecule has 0 aromatic carbocycles. The molecule has 0 spiro atoms. The normalized spacial score (nSPS) is 28.3. The molecule has 3 atom stereocenters. The Hall–Kier alpha value is -0.0200. The van der Waals surface area contributed by atoms with E-state index in [-0.39, 0.29) is 12.0 Å². The van der Waals surface area contributed by atoms with E-state index in [0.717, 1.165) is 18.8 Å². The molecule has 3 heteroatoms. The number of hydrogen-bond donors (Lipinski definition) is 0. The molecule has 1 rings (SSSR count). The minimum atomic E-state index is 0.217. The molecule has 1 heterocycles. The fourth-order valence-corrected chi connectivity index (χ4v) is 3.50. The Labute approximate surface area is 116 Å². The first-order valence-corrected chi connectivity index (χ1v) is 8.42. The maximum absolute atomic E-state index is 12.2. The van der Waals surface area contributed by atoms with Gasteiger partial charge in [0.2, 0.25) is 0 Å². The molecule has 1 fully saturated rings. The minimum absolute atomic E-state index is 0.217. The van der Waals surface area contributed by atoms with E-state index in [9.17, 15) is 4.79 Å². The molecular formula is C15H28O2S. The number of carbonyl (C=O) groups is 1. The second-order valence-corrected chi connectivity index (χ2v) is 6.64. The topological polar surface area (TPSA) is 26.3 Å². The van der Waals surface area contributed by atoms with Gasteiger partial charge in [-0.1, -0.05) is 51.3 Å². The summed E-state index contributed by atoms with van der Waals surface area (Å²) in [7, 11) is 0. The number of ether oxygens (including phenoxy) is 1. The van der Waals surface area contributed by atoms with Crippen LogP contribution in [0.2, 0.25) is 0 Å². The molecular weight excluding hydrogens is 244 g/mol. The third kappa shape index (κ3) is 5.75. The Balaban J connectivity index is 2.15. The van der Waals surface area contributed by atoms with Gasteiger partial charge in [0.25, 0.3) is 0 Å². The maximum atomic E-state index is 12.2. The highest BCUT2D eigenvalue weighted by Gasteiger charge is 2.31. The summed E-state index contributed by atoms with van der Waals surface area (Å²) in [5.74, 6) is 1.61. The van der Waals surface area contributed by atoms with Crippen LogP contribution in [0.1, 0.15) is 59.3 Å². The number of carbonyl (C=O) groups excluding carboxylic acids is 1. The first-order valence-electron chi connectivity index (χ1n) is 7.43.